The standard InChI is InChI=1S/C26H36N2O4/c1-18-15-25(32-14-10-28-8-12-30-13-9-28)20(3)24-16-21(6-7-23(18)24)19(2)26(29)27-17-22-5-4-11-31-22/h4-5,11,15,19,21H,6-10,12-14,16-17H2,1-3H3,(H,27,29)/t19-,21+/m0/s1. The fourth-order valence-electron chi connectivity index (χ4n) is 4.97. The molecule has 1 saturated heterocycles. The Kier molecular flexibility index (Phi) is 7.53. The average molecular weight is 441 g/mol. The number of nitrogens with zero attached hydrogens (tertiary/aromatic N) is 1. The molecule has 1 aliphatic carbocycles. The SMILES string of the molecule is Cc1cc(OCCN2CCOCC2)c(C)c2c1CC[C@@H]([C@H](C)C(=O)NCc1ccco1)C2. The van der Waals surface area contributed by atoms with Crippen LogP contribution in [0.15, 0.2) is 28.9 Å². The Morgan fingerprint density at radius 3 is 2.84 bits per heavy atom. The van der Waals surface area contributed by atoms with E-state index in [9.17, 15) is 4.79 Å². The van der Waals surface area contributed by atoms with Crippen molar-refractivity contribution in [2.75, 3.05) is 39.5 Å². The highest BCUT2D eigenvalue weighted by Crippen LogP contribution is 2.37. The van der Waals surface area contributed by atoms with Gasteiger partial charge < -0.3 is 19.2 Å². The highest BCUT2D eigenvalue weighted by molar-refractivity contribution is 5.78. The number of nitrogens with one attached hydrogen (secondary N) is 1. The van der Waals surface area contributed by atoms with Crippen LogP contribution < -0.4 is 10.1 Å². The van der Waals surface area contributed by atoms with Crippen molar-refractivity contribution in [3.05, 3.63) is 52.5 Å². The van der Waals surface area contributed by atoms with Crippen LogP contribution in [-0.2, 0) is 28.9 Å². The molecule has 0 radical (unpaired) electrons. The van der Waals surface area contributed by atoms with Crippen LogP contribution in [0.4, 0.5) is 0 Å². The number of hydrogen-bond acceptors (Lipinski definition) is 5. The smallest absolute Gasteiger partial charge is 0.223 e. The van der Waals surface area contributed by atoms with Crippen LogP contribution in [0.25, 0.3) is 0 Å². The molecule has 2 atom stereocenters. The van der Waals surface area contributed by atoms with E-state index in [1.807, 2.05) is 12.1 Å². The molecule has 6 nitrogen and oxygen atoms in total. The van der Waals surface area contributed by atoms with Crippen LogP contribution in [0.3, 0.4) is 0 Å². The number of amides is 1. The molecular formula is C26H36N2O4. The molecule has 0 spiro atoms. The summed E-state index contributed by atoms with van der Waals surface area (Å²) in [6, 6.07) is 5.93. The molecule has 1 aromatic carbocycles. The van der Waals surface area contributed by atoms with E-state index >= 15 is 0 Å². The lowest BCUT2D eigenvalue weighted by molar-refractivity contribution is -0.126. The molecule has 1 aliphatic heterocycles. The Hall–Kier alpha value is -2.31. The summed E-state index contributed by atoms with van der Waals surface area (Å²) >= 11 is 0. The number of benzene rings is 1. The largest absolute Gasteiger partial charge is 0.492 e. The zero-order valence-corrected chi connectivity index (χ0v) is 19.6. The van der Waals surface area contributed by atoms with Crippen LogP contribution in [0.1, 0.15) is 41.4 Å². The summed E-state index contributed by atoms with van der Waals surface area (Å²) in [6.45, 7) is 12.1. The van der Waals surface area contributed by atoms with Crippen LogP contribution in [0, 0.1) is 25.7 Å². The van der Waals surface area contributed by atoms with Crippen molar-refractivity contribution < 1.29 is 18.7 Å². The predicted octanol–water partition coefficient (Wildman–Crippen LogP) is 3.66. The van der Waals surface area contributed by atoms with Gasteiger partial charge in [-0.05, 0) is 79.5 Å². The summed E-state index contributed by atoms with van der Waals surface area (Å²) in [5.41, 5.74) is 5.37. The molecule has 2 heterocycles. The molecule has 1 amide bonds. The Morgan fingerprint density at radius 1 is 1.28 bits per heavy atom. The van der Waals surface area contributed by atoms with Crippen molar-refractivity contribution >= 4 is 5.91 Å². The molecule has 32 heavy (non-hydrogen) atoms. The third-order valence-corrected chi connectivity index (χ3v) is 7.15. The van der Waals surface area contributed by atoms with E-state index in [2.05, 4.69) is 37.1 Å². The topological polar surface area (TPSA) is 63.9 Å². The molecule has 0 bridgehead atoms. The van der Waals surface area contributed by atoms with Gasteiger partial charge in [0.05, 0.1) is 26.0 Å². The number of hydrogen-bond donors (Lipinski definition) is 1. The average Bonchev–Trinajstić information content (AvgIpc) is 3.34. The van der Waals surface area contributed by atoms with E-state index < -0.39 is 0 Å². The first kappa shape index (κ1) is 22.9. The summed E-state index contributed by atoms with van der Waals surface area (Å²) in [4.78, 5) is 15.2. The number of morpholine rings is 1. The second-order valence-electron chi connectivity index (χ2n) is 9.16. The quantitative estimate of drug-likeness (QED) is 0.679. The number of aryl methyl sites for hydroxylation is 1. The fourth-order valence-corrected chi connectivity index (χ4v) is 4.97. The van der Waals surface area contributed by atoms with Gasteiger partial charge in [-0.1, -0.05) is 6.92 Å². The van der Waals surface area contributed by atoms with Gasteiger partial charge in [-0.25, -0.2) is 0 Å². The minimum absolute atomic E-state index is 0.0382. The highest BCUT2D eigenvalue weighted by Gasteiger charge is 2.30. The Morgan fingerprint density at radius 2 is 2.09 bits per heavy atom. The summed E-state index contributed by atoms with van der Waals surface area (Å²) in [5, 5.41) is 3.03. The number of carbonyl (C=O) groups excluding carboxylic acids is 1. The molecule has 2 aliphatic rings. The van der Waals surface area contributed by atoms with Gasteiger partial charge in [0.2, 0.25) is 5.91 Å². The highest BCUT2D eigenvalue weighted by atomic mass is 16.5. The number of rotatable bonds is 8. The van der Waals surface area contributed by atoms with Crippen molar-refractivity contribution in [1.29, 1.82) is 0 Å². The molecule has 174 valence electrons. The zero-order chi connectivity index (χ0) is 22.5. The van der Waals surface area contributed by atoms with Crippen LogP contribution in [-0.4, -0.2) is 50.3 Å². The normalized spacial score (nSPS) is 19.9. The molecule has 0 saturated carbocycles. The third kappa shape index (κ3) is 5.36. The molecule has 1 N–H and O–H groups in total. The number of furan rings is 1. The minimum Gasteiger partial charge on any atom is -0.492 e. The number of fused-ring (bicyclic) bond motifs is 1. The Bertz CT molecular complexity index is 903. The second kappa shape index (κ2) is 10.5. The van der Waals surface area contributed by atoms with Crippen LogP contribution >= 0.6 is 0 Å². The lowest BCUT2D eigenvalue weighted by Gasteiger charge is -2.32. The summed E-state index contributed by atoms with van der Waals surface area (Å²) in [7, 11) is 0. The van der Waals surface area contributed by atoms with Gasteiger partial charge in [0, 0.05) is 25.6 Å². The van der Waals surface area contributed by atoms with Crippen molar-refractivity contribution in [3.8, 4) is 5.75 Å². The molecule has 1 aromatic heterocycles. The monoisotopic (exact) mass is 440 g/mol. The minimum atomic E-state index is -0.0382. The van der Waals surface area contributed by atoms with Gasteiger partial charge in [0.15, 0.2) is 0 Å². The van der Waals surface area contributed by atoms with E-state index in [1.165, 1.54) is 22.3 Å². The van der Waals surface area contributed by atoms with E-state index in [-0.39, 0.29) is 11.8 Å². The maximum Gasteiger partial charge on any atom is 0.223 e. The van der Waals surface area contributed by atoms with Crippen molar-refractivity contribution in [2.24, 2.45) is 11.8 Å². The first-order valence-electron chi connectivity index (χ1n) is 11.9. The Balaban J connectivity index is 1.38. The van der Waals surface area contributed by atoms with Crippen LogP contribution in [0.2, 0.25) is 0 Å². The van der Waals surface area contributed by atoms with E-state index in [1.54, 1.807) is 6.26 Å². The summed E-state index contributed by atoms with van der Waals surface area (Å²) in [5.74, 6) is 2.17. The lowest BCUT2D eigenvalue weighted by atomic mass is 9.74. The molecular weight excluding hydrogens is 404 g/mol. The maximum atomic E-state index is 12.8. The van der Waals surface area contributed by atoms with Crippen molar-refractivity contribution in [3.63, 3.8) is 0 Å². The van der Waals surface area contributed by atoms with Gasteiger partial charge in [-0.15, -0.1) is 0 Å². The molecule has 2 aromatic rings. The van der Waals surface area contributed by atoms with E-state index in [0.29, 0.717) is 19.1 Å². The maximum absolute atomic E-state index is 12.8. The van der Waals surface area contributed by atoms with Gasteiger partial charge in [0.25, 0.3) is 0 Å². The predicted molar refractivity (Wildman–Crippen MR) is 124 cm³/mol. The van der Waals surface area contributed by atoms with Gasteiger partial charge >= 0.3 is 0 Å². The van der Waals surface area contributed by atoms with Crippen molar-refractivity contribution in [1.82, 2.24) is 10.2 Å². The first-order valence-corrected chi connectivity index (χ1v) is 11.9. The zero-order valence-electron chi connectivity index (χ0n) is 19.6. The molecule has 6 heteroatoms. The van der Waals surface area contributed by atoms with Gasteiger partial charge in [-0.3, -0.25) is 9.69 Å². The fraction of sp³-hybridized carbons (Fsp3) is 0.577. The van der Waals surface area contributed by atoms with E-state index in [0.717, 1.165) is 63.6 Å². The summed E-state index contributed by atoms with van der Waals surface area (Å²) < 4.78 is 17.0. The second-order valence-corrected chi connectivity index (χ2v) is 9.16. The third-order valence-electron chi connectivity index (χ3n) is 7.15. The molecule has 4 rings (SSSR count). The summed E-state index contributed by atoms with van der Waals surface area (Å²) in [6.07, 6.45) is 4.63. The first-order chi connectivity index (χ1) is 15.5. The van der Waals surface area contributed by atoms with Gasteiger partial charge in [-0.2, -0.15) is 0 Å². The molecule has 1 fully saturated rings. The van der Waals surface area contributed by atoms with Gasteiger partial charge in [0.1, 0.15) is 18.1 Å². The Labute approximate surface area is 191 Å². The number of ether oxygens (including phenoxy) is 2. The number of carbonyl (C=O) groups is 1. The van der Waals surface area contributed by atoms with Crippen molar-refractivity contribution in [2.45, 2.75) is 46.6 Å². The lowest BCUT2D eigenvalue weighted by Crippen LogP contribution is -2.38. The van der Waals surface area contributed by atoms with Crippen LogP contribution in [0.5, 0.6) is 5.75 Å². The van der Waals surface area contributed by atoms with E-state index in [4.69, 9.17) is 13.9 Å². The molecule has 0 unspecified atom stereocenters.